The van der Waals surface area contributed by atoms with E-state index in [4.69, 9.17) is 4.74 Å². The van der Waals surface area contributed by atoms with E-state index in [0.29, 0.717) is 11.4 Å². The normalized spacial score (nSPS) is 15.5. The van der Waals surface area contributed by atoms with Crippen LogP contribution in [0.2, 0.25) is 0 Å². The minimum atomic E-state index is -1.02. The lowest BCUT2D eigenvalue weighted by atomic mass is 10.1. The van der Waals surface area contributed by atoms with Gasteiger partial charge in [-0.25, -0.2) is 14.1 Å². The van der Waals surface area contributed by atoms with E-state index >= 15 is 0 Å². The molecular formula is C27H26FN3O4. The number of hydrogen-bond acceptors (Lipinski definition) is 4. The molecule has 180 valence electrons. The molecule has 1 fully saturated rings. The molecule has 3 aromatic rings. The Hall–Kier alpha value is -4.20. The van der Waals surface area contributed by atoms with Crippen molar-refractivity contribution in [2.24, 2.45) is 0 Å². The Morgan fingerprint density at radius 2 is 1.71 bits per heavy atom. The molecule has 1 heterocycles. The molecule has 1 aliphatic rings. The average Bonchev–Trinajstić information content (AvgIpc) is 3.09. The van der Waals surface area contributed by atoms with Gasteiger partial charge in [0.25, 0.3) is 5.91 Å². The highest BCUT2D eigenvalue weighted by atomic mass is 19.1. The second-order valence-electron chi connectivity index (χ2n) is 8.23. The molecule has 3 aromatic carbocycles. The van der Waals surface area contributed by atoms with Crippen molar-refractivity contribution in [1.29, 1.82) is 0 Å². The first-order valence-electron chi connectivity index (χ1n) is 11.3. The van der Waals surface area contributed by atoms with Crippen molar-refractivity contribution in [2.45, 2.75) is 32.4 Å². The van der Waals surface area contributed by atoms with Crippen LogP contribution in [0.15, 0.2) is 72.8 Å². The van der Waals surface area contributed by atoms with Gasteiger partial charge in [-0.1, -0.05) is 31.2 Å². The first-order chi connectivity index (χ1) is 16.9. The Balaban J connectivity index is 1.59. The number of urea groups is 1. The van der Waals surface area contributed by atoms with Gasteiger partial charge in [0, 0.05) is 12.2 Å². The van der Waals surface area contributed by atoms with Gasteiger partial charge in [-0.05, 0) is 66.1 Å². The number of rotatable bonds is 8. The van der Waals surface area contributed by atoms with E-state index in [1.807, 2.05) is 25.1 Å². The van der Waals surface area contributed by atoms with Crippen LogP contribution in [0.4, 0.5) is 20.6 Å². The largest absolute Gasteiger partial charge is 0.497 e. The van der Waals surface area contributed by atoms with Gasteiger partial charge in [-0.3, -0.25) is 9.59 Å². The highest BCUT2D eigenvalue weighted by Gasteiger charge is 2.46. The van der Waals surface area contributed by atoms with Gasteiger partial charge in [-0.2, -0.15) is 0 Å². The zero-order chi connectivity index (χ0) is 24.9. The summed E-state index contributed by atoms with van der Waals surface area (Å²) < 4.78 is 18.7. The fourth-order valence-corrected chi connectivity index (χ4v) is 4.02. The fourth-order valence-electron chi connectivity index (χ4n) is 4.02. The van der Waals surface area contributed by atoms with Gasteiger partial charge in [0.2, 0.25) is 5.91 Å². The number of halogens is 1. The fraction of sp³-hybridized carbons (Fsp3) is 0.222. The monoisotopic (exact) mass is 475 g/mol. The van der Waals surface area contributed by atoms with Crippen LogP contribution >= 0.6 is 0 Å². The number of carbonyl (C=O) groups is 3. The van der Waals surface area contributed by atoms with E-state index < -0.39 is 29.7 Å². The molecule has 1 saturated heterocycles. The van der Waals surface area contributed by atoms with Crippen LogP contribution in [0.5, 0.6) is 5.75 Å². The van der Waals surface area contributed by atoms with Crippen LogP contribution < -0.4 is 15.0 Å². The summed E-state index contributed by atoms with van der Waals surface area (Å²) >= 11 is 0. The highest BCUT2D eigenvalue weighted by molar-refractivity contribution is 6.22. The number of nitrogens with one attached hydrogen (secondary N) is 1. The number of methoxy groups -OCH3 is 1. The molecule has 0 unspecified atom stereocenters. The van der Waals surface area contributed by atoms with Crippen LogP contribution in [-0.2, 0) is 22.6 Å². The Morgan fingerprint density at radius 1 is 1.00 bits per heavy atom. The second-order valence-corrected chi connectivity index (χ2v) is 8.23. The van der Waals surface area contributed by atoms with Gasteiger partial charge >= 0.3 is 6.03 Å². The topological polar surface area (TPSA) is 79.0 Å². The Morgan fingerprint density at radius 3 is 2.37 bits per heavy atom. The molecule has 4 amide bonds. The lowest BCUT2D eigenvalue weighted by molar-refractivity contribution is -0.124. The quantitative estimate of drug-likeness (QED) is 0.477. The molecular weight excluding hydrogens is 449 g/mol. The molecule has 0 spiro atoms. The van der Waals surface area contributed by atoms with Crippen LogP contribution in [0.3, 0.4) is 0 Å². The molecule has 0 radical (unpaired) electrons. The number of carbonyl (C=O) groups excluding carboxylic acids is 3. The van der Waals surface area contributed by atoms with Crippen molar-refractivity contribution >= 4 is 29.2 Å². The van der Waals surface area contributed by atoms with Crippen molar-refractivity contribution in [3.63, 3.8) is 0 Å². The Bertz CT molecular complexity index is 1230. The van der Waals surface area contributed by atoms with Crippen LogP contribution in [0.25, 0.3) is 0 Å². The highest BCUT2D eigenvalue weighted by Crippen LogP contribution is 2.29. The average molecular weight is 476 g/mol. The van der Waals surface area contributed by atoms with Crippen molar-refractivity contribution in [3.05, 3.63) is 89.7 Å². The summed E-state index contributed by atoms with van der Waals surface area (Å²) in [6.45, 7) is 2.14. The molecule has 0 saturated carbocycles. The SMILES string of the molecule is CCc1ccc(NC(=O)C[C@@H]2C(=O)N(c3ccc(F)cc3)C(=O)N2Cc2cccc(OC)c2)cc1. The van der Waals surface area contributed by atoms with E-state index in [9.17, 15) is 18.8 Å². The van der Waals surface area contributed by atoms with E-state index in [2.05, 4.69) is 5.32 Å². The number of amides is 4. The van der Waals surface area contributed by atoms with Crippen LogP contribution in [-0.4, -0.2) is 35.9 Å². The van der Waals surface area contributed by atoms with Gasteiger partial charge in [0.05, 0.1) is 19.2 Å². The number of imide groups is 1. The minimum Gasteiger partial charge on any atom is -0.497 e. The van der Waals surface area contributed by atoms with E-state index in [1.54, 1.807) is 37.4 Å². The predicted octanol–water partition coefficient (Wildman–Crippen LogP) is 4.76. The third-order valence-corrected chi connectivity index (χ3v) is 5.92. The molecule has 0 aromatic heterocycles. The standard InChI is InChI=1S/C27H26FN3O4/c1-3-18-7-11-21(12-8-18)29-25(32)16-24-26(33)31(22-13-9-20(28)10-14-22)27(34)30(24)17-19-5-4-6-23(15-19)35-2/h4-15,24H,3,16-17H2,1-2H3,(H,29,32)/t24-/m1/s1. The molecule has 4 rings (SSSR count). The smallest absolute Gasteiger partial charge is 0.332 e. The minimum absolute atomic E-state index is 0.0998. The van der Waals surface area contributed by atoms with Gasteiger partial charge < -0.3 is 15.0 Å². The van der Waals surface area contributed by atoms with E-state index in [0.717, 1.165) is 22.4 Å². The van der Waals surface area contributed by atoms with Gasteiger partial charge in [-0.15, -0.1) is 0 Å². The molecule has 0 bridgehead atoms. The zero-order valence-corrected chi connectivity index (χ0v) is 19.5. The van der Waals surface area contributed by atoms with Crippen molar-refractivity contribution in [3.8, 4) is 5.75 Å². The number of aryl methyl sites for hydroxylation is 1. The summed E-state index contributed by atoms with van der Waals surface area (Å²) in [6.07, 6.45) is 0.660. The summed E-state index contributed by atoms with van der Waals surface area (Å²) in [4.78, 5) is 41.9. The summed E-state index contributed by atoms with van der Waals surface area (Å²) in [5.74, 6) is -0.801. The third kappa shape index (κ3) is 5.32. The maximum atomic E-state index is 13.4. The molecule has 1 N–H and O–H groups in total. The van der Waals surface area contributed by atoms with Crippen molar-refractivity contribution in [1.82, 2.24) is 4.90 Å². The molecule has 0 aliphatic carbocycles. The summed E-state index contributed by atoms with van der Waals surface area (Å²) in [5, 5.41) is 2.80. The number of nitrogens with zero attached hydrogens (tertiary/aromatic N) is 2. The number of anilines is 2. The molecule has 7 nitrogen and oxygen atoms in total. The first-order valence-corrected chi connectivity index (χ1v) is 11.3. The van der Waals surface area contributed by atoms with Gasteiger partial charge in [0.15, 0.2) is 0 Å². The van der Waals surface area contributed by atoms with Crippen molar-refractivity contribution in [2.75, 3.05) is 17.3 Å². The Kier molecular flexibility index (Phi) is 7.10. The summed E-state index contributed by atoms with van der Waals surface area (Å²) in [7, 11) is 1.54. The van der Waals surface area contributed by atoms with Crippen LogP contribution in [0, 0.1) is 5.82 Å². The van der Waals surface area contributed by atoms with E-state index in [-0.39, 0.29) is 18.7 Å². The predicted molar refractivity (Wildman–Crippen MR) is 131 cm³/mol. The molecule has 1 aliphatic heterocycles. The summed E-state index contributed by atoms with van der Waals surface area (Å²) in [6, 6.07) is 18.1. The maximum absolute atomic E-state index is 13.4. The lowest BCUT2D eigenvalue weighted by Crippen LogP contribution is -2.37. The van der Waals surface area contributed by atoms with E-state index in [1.165, 1.54) is 29.2 Å². The third-order valence-electron chi connectivity index (χ3n) is 5.92. The van der Waals surface area contributed by atoms with Gasteiger partial charge in [0.1, 0.15) is 17.6 Å². The van der Waals surface area contributed by atoms with Crippen LogP contribution in [0.1, 0.15) is 24.5 Å². The number of hydrogen-bond donors (Lipinski definition) is 1. The first kappa shape index (κ1) is 23.9. The molecule has 8 heteroatoms. The zero-order valence-electron chi connectivity index (χ0n) is 19.5. The number of ether oxygens (including phenoxy) is 1. The molecule has 35 heavy (non-hydrogen) atoms. The number of benzene rings is 3. The van der Waals surface area contributed by atoms with Crippen molar-refractivity contribution < 1.29 is 23.5 Å². The maximum Gasteiger partial charge on any atom is 0.332 e. The molecule has 1 atom stereocenters. The summed E-state index contributed by atoms with van der Waals surface area (Å²) in [5.41, 5.74) is 2.74. The lowest BCUT2D eigenvalue weighted by Gasteiger charge is -2.22. The second kappa shape index (κ2) is 10.4. The Labute approximate surface area is 203 Å².